The van der Waals surface area contributed by atoms with Crippen LogP contribution in [0, 0.1) is 0 Å². The lowest BCUT2D eigenvalue weighted by atomic mass is 10.0. The summed E-state index contributed by atoms with van der Waals surface area (Å²) in [5.74, 6) is 0. The van der Waals surface area contributed by atoms with E-state index in [-0.39, 0.29) is 0 Å². The van der Waals surface area contributed by atoms with Gasteiger partial charge in [-0.15, -0.1) is 0 Å². The minimum absolute atomic E-state index is 0.679. The van der Waals surface area contributed by atoms with Gasteiger partial charge in [0.05, 0.1) is 6.61 Å². The SMILES string of the molecule is COCc1ccc(Cc2ccc(Br)cc2)cc1. The lowest BCUT2D eigenvalue weighted by Crippen LogP contribution is -1.90. The normalized spacial score (nSPS) is 10.5. The molecule has 1 nitrogen and oxygen atoms in total. The maximum Gasteiger partial charge on any atom is 0.0713 e. The Morgan fingerprint density at radius 3 is 1.82 bits per heavy atom. The van der Waals surface area contributed by atoms with Crippen LogP contribution in [0.1, 0.15) is 16.7 Å². The maximum atomic E-state index is 5.09. The van der Waals surface area contributed by atoms with Gasteiger partial charge in [0.1, 0.15) is 0 Å². The molecule has 0 aliphatic heterocycles. The van der Waals surface area contributed by atoms with Gasteiger partial charge in [0.2, 0.25) is 0 Å². The first-order valence-electron chi connectivity index (χ1n) is 5.59. The van der Waals surface area contributed by atoms with Crippen molar-refractivity contribution >= 4 is 15.9 Å². The molecule has 0 spiro atoms. The number of hydrogen-bond donors (Lipinski definition) is 0. The molecule has 0 bridgehead atoms. The number of methoxy groups -OCH3 is 1. The molecular weight excluding hydrogens is 276 g/mol. The van der Waals surface area contributed by atoms with Crippen LogP contribution in [0.5, 0.6) is 0 Å². The van der Waals surface area contributed by atoms with Crippen LogP contribution in [0.2, 0.25) is 0 Å². The van der Waals surface area contributed by atoms with Crippen molar-refractivity contribution in [2.24, 2.45) is 0 Å². The molecule has 2 aromatic carbocycles. The van der Waals surface area contributed by atoms with Crippen molar-refractivity contribution in [1.29, 1.82) is 0 Å². The van der Waals surface area contributed by atoms with Crippen LogP contribution in [0.15, 0.2) is 53.0 Å². The Bertz CT molecular complexity index is 459. The van der Waals surface area contributed by atoms with E-state index < -0.39 is 0 Å². The second kappa shape index (κ2) is 5.99. The first-order chi connectivity index (χ1) is 8.28. The Morgan fingerprint density at radius 2 is 1.29 bits per heavy atom. The first-order valence-corrected chi connectivity index (χ1v) is 6.38. The molecule has 0 aliphatic carbocycles. The van der Waals surface area contributed by atoms with Gasteiger partial charge >= 0.3 is 0 Å². The van der Waals surface area contributed by atoms with Crippen molar-refractivity contribution in [1.82, 2.24) is 0 Å². The Kier molecular flexibility index (Phi) is 4.35. The summed E-state index contributed by atoms with van der Waals surface area (Å²) in [5, 5.41) is 0. The average Bonchev–Trinajstić information content (AvgIpc) is 2.35. The van der Waals surface area contributed by atoms with Crippen molar-refractivity contribution in [3.8, 4) is 0 Å². The monoisotopic (exact) mass is 290 g/mol. The third kappa shape index (κ3) is 3.69. The van der Waals surface area contributed by atoms with E-state index in [0.29, 0.717) is 6.61 Å². The summed E-state index contributed by atoms with van der Waals surface area (Å²) in [5.41, 5.74) is 3.87. The predicted octanol–water partition coefficient (Wildman–Crippen LogP) is 4.19. The highest BCUT2D eigenvalue weighted by Gasteiger charge is 1.97. The average molecular weight is 291 g/mol. The lowest BCUT2D eigenvalue weighted by Gasteiger charge is -2.04. The van der Waals surface area contributed by atoms with Crippen molar-refractivity contribution < 1.29 is 4.74 Å². The fourth-order valence-corrected chi connectivity index (χ4v) is 2.02. The van der Waals surface area contributed by atoms with Crippen LogP contribution in [0.3, 0.4) is 0 Å². The van der Waals surface area contributed by atoms with Crippen molar-refractivity contribution in [2.45, 2.75) is 13.0 Å². The smallest absolute Gasteiger partial charge is 0.0713 e. The molecular formula is C15H15BrO. The summed E-state index contributed by atoms with van der Waals surface area (Å²) in [6.45, 7) is 0.679. The largest absolute Gasteiger partial charge is 0.380 e. The Balaban J connectivity index is 2.05. The summed E-state index contributed by atoms with van der Waals surface area (Å²) in [6.07, 6.45) is 0.973. The zero-order valence-corrected chi connectivity index (χ0v) is 11.4. The van der Waals surface area contributed by atoms with E-state index in [1.165, 1.54) is 16.7 Å². The molecule has 0 aromatic heterocycles. The standard InChI is InChI=1S/C15H15BrO/c1-17-11-14-4-2-12(3-5-14)10-13-6-8-15(16)9-7-13/h2-9H,10-11H2,1H3. The highest BCUT2D eigenvalue weighted by Crippen LogP contribution is 2.14. The van der Waals surface area contributed by atoms with E-state index in [1.807, 2.05) is 0 Å². The van der Waals surface area contributed by atoms with Crippen LogP contribution >= 0.6 is 15.9 Å². The molecule has 88 valence electrons. The summed E-state index contributed by atoms with van der Waals surface area (Å²) >= 11 is 3.44. The maximum absolute atomic E-state index is 5.09. The molecule has 0 saturated heterocycles. The van der Waals surface area contributed by atoms with Crippen molar-refractivity contribution in [3.05, 3.63) is 69.7 Å². The van der Waals surface area contributed by atoms with Crippen molar-refractivity contribution in [3.63, 3.8) is 0 Å². The van der Waals surface area contributed by atoms with Gasteiger partial charge in [0, 0.05) is 11.6 Å². The number of benzene rings is 2. The molecule has 0 N–H and O–H groups in total. The van der Waals surface area contributed by atoms with Crippen LogP contribution in [0.25, 0.3) is 0 Å². The van der Waals surface area contributed by atoms with E-state index in [1.54, 1.807) is 7.11 Å². The van der Waals surface area contributed by atoms with Crippen molar-refractivity contribution in [2.75, 3.05) is 7.11 Å². The molecule has 0 fully saturated rings. The molecule has 0 atom stereocenters. The summed E-state index contributed by atoms with van der Waals surface area (Å²) < 4.78 is 6.22. The topological polar surface area (TPSA) is 9.23 Å². The molecule has 17 heavy (non-hydrogen) atoms. The van der Waals surface area contributed by atoms with Gasteiger partial charge in [0.15, 0.2) is 0 Å². The summed E-state index contributed by atoms with van der Waals surface area (Å²) in [6, 6.07) is 17.0. The Morgan fingerprint density at radius 1 is 0.824 bits per heavy atom. The number of ether oxygens (including phenoxy) is 1. The highest BCUT2D eigenvalue weighted by molar-refractivity contribution is 9.10. The van der Waals surface area contributed by atoms with E-state index in [2.05, 4.69) is 64.5 Å². The Hall–Kier alpha value is -1.12. The van der Waals surface area contributed by atoms with Gasteiger partial charge in [-0.05, 0) is 35.2 Å². The molecule has 0 amide bonds. The van der Waals surface area contributed by atoms with Gasteiger partial charge in [0.25, 0.3) is 0 Å². The van der Waals surface area contributed by atoms with Gasteiger partial charge in [-0.1, -0.05) is 52.3 Å². The number of rotatable bonds is 4. The van der Waals surface area contributed by atoms with E-state index in [4.69, 9.17) is 4.74 Å². The highest BCUT2D eigenvalue weighted by atomic mass is 79.9. The van der Waals surface area contributed by atoms with Gasteiger partial charge in [-0.2, -0.15) is 0 Å². The number of hydrogen-bond acceptors (Lipinski definition) is 1. The fourth-order valence-electron chi connectivity index (χ4n) is 1.76. The minimum atomic E-state index is 0.679. The van der Waals surface area contributed by atoms with Gasteiger partial charge in [-0.25, -0.2) is 0 Å². The molecule has 2 heteroatoms. The first kappa shape index (κ1) is 12.3. The zero-order chi connectivity index (χ0) is 12.1. The second-order valence-electron chi connectivity index (χ2n) is 4.05. The Labute approximate surface area is 111 Å². The second-order valence-corrected chi connectivity index (χ2v) is 4.97. The third-order valence-corrected chi connectivity index (χ3v) is 3.18. The molecule has 0 radical (unpaired) electrons. The zero-order valence-electron chi connectivity index (χ0n) is 9.82. The van der Waals surface area contributed by atoms with Gasteiger partial charge in [-0.3, -0.25) is 0 Å². The number of halogens is 1. The quantitative estimate of drug-likeness (QED) is 0.821. The van der Waals surface area contributed by atoms with Crippen LogP contribution in [0.4, 0.5) is 0 Å². The lowest BCUT2D eigenvalue weighted by molar-refractivity contribution is 0.185. The minimum Gasteiger partial charge on any atom is -0.380 e. The summed E-state index contributed by atoms with van der Waals surface area (Å²) in [4.78, 5) is 0. The van der Waals surface area contributed by atoms with E-state index in [0.717, 1.165) is 10.9 Å². The summed E-state index contributed by atoms with van der Waals surface area (Å²) in [7, 11) is 1.72. The molecule has 0 saturated carbocycles. The van der Waals surface area contributed by atoms with Crippen LogP contribution in [-0.2, 0) is 17.8 Å². The van der Waals surface area contributed by atoms with Crippen LogP contribution in [-0.4, -0.2) is 7.11 Å². The molecule has 0 unspecified atom stereocenters. The van der Waals surface area contributed by atoms with Crippen LogP contribution < -0.4 is 0 Å². The predicted molar refractivity (Wildman–Crippen MR) is 74.1 cm³/mol. The fraction of sp³-hybridized carbons (Fsp3) is 0.200. The molecule has 0 aliphatic rings. The molecule has 0 heterocycles. The van der Waals surface area contributed by atoms with E-state index >= 15 is 0 Å². The third-order valence-electron chi connectivity index (χ3n) is 2.66. The molecule has 2 rings (SSSR count). The van der Waals surface area contributed by atoms with E-state index in [9.17, 15) is 0 Å². The van der Waals surface area contributed by atoms with Gasteiger partial charge < -0.3 is 4.74 Å². The molecule has 2 aromatic rings.